The number of hydrogen-bond acceptors (Lipinski definition) is 7. The fourth-order valence-corrected chi connectivity index (χ4v) is 4.84. The van der Waals surface area contributed by atoms with Gasteiger partial charge < -0.3 is 10.1 Å². The van der Waals surface area contributed by atoms with Gasteiger partial charge in [0.1, 0.15) is 11.6 Å². The summed E-state index contributed by atoms with van der Waals surface area (Å²) >= 11 is 0. The normalized spacial score (nSPS) is 16.4. The third kappa shape index (κ3) is 5.37. The molecule has 36 heavy (non-hydrogen) atoms. The van der Waals surface area contributed by atoms with Crippen molar-refractivity contribution in [3.05, 3.63) is 74.6 Å². The third-order valence-electron chi connectivity index (χ3n) is 6.68. The summed E-state index contributed by atoms with van der Waals surface area (Å²) in [6.07, 6.45) is 4.38. The van der Waals surface area contributed by atoms with E-state index in [1.807, 2.05) is 33.8 Å². The highest BCUT2D eigenvalue weighted by atomic mass is 16.6. The van der Waals surface area contributed by atoms with Crippen molar-refractivity contribution < 1.29 is 14.5 Å². The van der Waals surface area contributed by atoms with Crippen LogP contribution in [0.25, 0.3) is 16.5 Å². The molecule has 8 nitrogen and oxygen atoms in total. The van der Waals surface area contributed by atoms with Crippen LogP contribution < -0.4 is 5.32 Å². The largest absolute Gasteiger partial charge is 0.466 e. The number of allylic oxidation sites excluding steroid dienone is 2. The molecule has 1 N–H and O–H groups in total. The first-order valence-corrected chi connectivity index (χ1v) is 12.3. The summed E-state index contributed by atoms with van der Waals surface area (Å²) < 4.78 is 5.20. The summed E-state index contributed by atoms with van der Waals surface area (Å²) in [5.41, 5.74) is 6.02. The van der Waals surface area contributed by atoms with Gasteiger partial charge in [0.25, 0.3) is 5.69 Å². The number of carbonyl (C=O) groups is 1. The van der Waals surface area contributed by atoms with E-state index in [0.29, 0.717) is 24.7 Å². The quantitative estimate of drug-likeness (QED) is 0.233. The minimum Gasteiger partial charge on any atom is -0.466 e. The number of rotatable bonds is 7. The summed E-state index contributed by atoms with van der Waals surface area (Å²) in [6.45, 7) is 9.99. The van der Waals surface area contributed by atoms with Gasteiger partial charge in [-0.3, -0.25) is 14.9 Å². The van der Waals surface area contributed by atoms with E-state index in [9.17, 15) is 14.9 Å². The van der Waals surface area contributed by atoms with Crippen molar-refractivity contribution in [1.82, 2.24) is 9.97 Å². The van der Waals surface area contributed by atoms with Crippen LogP contribution in [-0.2, 0) is 9.53 Å². The number of nitro groups is 1. The number of anilines is 1. The highest BCUT2D eigenvalue weighted by Crippen LogP contribution is 2.36. The zero-order valence-corrected chi connectivity index (χ0v) is 21.4. The van der Waals surface area contributed by atoms with Crippen molar-refractivity contribution in [2.75, 3.05) is 11.9 Å². The van der Waals surface area contributed by atoms with Crippen LogP contribution in [-0.4, -0.2) is 27.5 Å². The lowest BCUT2D eigenvalue weighted by Gasteiger charge is -2.22. The smallest absolute Gasteiger partial charge is 0.309 e. The summed E-state index contributed by atoms with van der Waals surface area (Å²) in [5, 5.41) is 15.7. The van der Waals surface area contributed by atoms with E-state index < -0.39 is 0 Å². The van der Waals surface area contributed by atoms with Crippen LogP contribution in [0.15, 0.2) is 36.4 Å². The summed E-state index contributed by atoms with van der Waals surface area (Å²) in [7, 11) is 0. The summed E-state index contributed by atoms with van der Waals surface area (Å²) in [4.78, 5) is 32.5. The third-order valence-corrected chi connectivity index (χ3v) is 6.68. The fourth-order valence-electron chi connectivity index (χ4n) is 4.84. The SMILES string of the molecule is CCOC(=O)C1CC=C(c2cc3c(N[C@H](C)c4cc(C)cc([N+](=O)[O-])c4)nc(C)nc3cc2C)CC1. The average molecular weight is 489 g/mol. The van der Waals surface area contributed by atoms with Crippen molar-refractivity contribution >= 4 is 34.0 Å². The standard InChI is InChI=1S/C28H32N4O4/c1-6-36-28(33)21-9-7-20(8-10-21)24-15-25-26(13-17(24)3)30-19(5)31-27(25)29-18(4)22-11-16(2)12-23(14-22)32(34)35/h7,11-15,18,21H,6,8-10H2,1-5H3,(H,29,30,31)/t18-,21?/m1/s1. The molecule has 4 rings (SSSR count). The molecule has 3 aromatic rings. The monoisotopic (exact) mass is 488 g/mol. The number of benzene rings is 2. The number of ether oxygens (including phenoxy) is 1. The molecule has 0 saturated heterocycles. The van der Waals surface area contributed by atoms with Gasteiger partial charge >= 0.3 is 5.97 Å². The van der Waals surface area contributed by atoms with Gasteiger partial charge in [0, 0.05) is 17.5 Å². The molecule has 1 aliphatic rings. The number of aryl methyl sites for hydroxylation is 3. The molecule has 1 aliphatic carbocycles. The van der Waals surface area contributed by atoms with Crippen LogP contribution in [0.4, 0.5) is 11.5 Å². The molecule has 0 spiro atoms. The van der Waals surface area contributed by atoms with Crippen molar-refractivity contribution in [1.29, 1.82) is 0 Å². The van der Waals surface area contributed by atoms with Gasteiger partial charge in [0.2, 0.25) is 0 Å². The fraction of sp³-hybridized carbons (Fsp3) is 0.393. The predicted molar refractivity (Wildman–Crippen MR) is 141 cm³/mol. The van der Waals surface area contributed by atoms with Gasteiger partial charge in [-0.15, -0.1) is 0 Å². The molecule has 0 radical (unpaired) electrons. The lowest BCUT2D eigenvalue weighted by Crippen LogP contribution is -2.19. The molecule has 0 aliphatic heterocycles. The summed E-state index contributed by atoms with van der Waals surface area (Å²) in [6, 6.07) is 9.11. The Hall–Kier alpha value is -3.81. The van der Waals surface area contributed by atoms with Gasteiger partial charge in [-0.1, -0.05) is 12.1 Å². The Morgan fingerprint density at radius 2 is 1.97 bits per heavy atom. The van der Waals surface area contributed by atoms with Crippen molar-refractivity contribution in [2.45, 2.75) is 59.9 Å². The maximum Gasteiger partial charge on any atom is 0.309 e. The molecule has 0 fully saturated rings. The Morgan fingerprint density at radius 3 is 2.64 bits per heavy atom. The molecule has 2 aromatic carbocycles. The Balaban J connectivity index is 1.68. The van der Waals surface area contributed by atoms with E-state index in [4.69, 9.17) is 4.74 Å². The number of nitrogens with one attached hydrogen (secondary N) is 1. The van der Waals surface area contributed by atoms with Crippen molar-refractivity contribution in [3.8, 4) is 0 Å². The Bertz CT molecular complexity index is 1370. The lowest BCUT2D eigenvalue weighted by atomic mass is 9.85. The maximum absolute atomic E-state index is 12.1. The van der Waals surface area contributed by atoms with E-state index in [2.05, 4.69) is 40.4 Å². The topological polar surface area (TPSA) is 107 Å². The first kappa shape index (κ1) is 25.3. The zero-order chi connectivity index (χ0) is 26.0. The van der Waals surface area contributed by atoms with Crippen LogP contribution in [0.2, 0.25) is 0 Å². The van der Waals surface area contributed by atoms with Crippen molar-refractivity contribution in [2.24, 2.45) is 5.92 Å². The number of aromatic nitrogens is 2. The molecule has 0 saturated carbocycles. The van der Waals surface area contributed by atoms with Crippen LogP contribution in [0.1, 0.15) is 67.2 Å². The predicted octanol–water partition coefficient (Wildman–Crippen LogP) is 6.38. The van der Waals surface area contributed by atoms with Gasteiger partial charge in [-0.25, -0.2) is 9.97 Å². The highest BCUT2D eigenvalue weighted by Gasteiger charge is 2.24. The molecule has 8 heteroatoms. The number of nitro benzene ring substituents is 1. The highest BCUT2D eigenvalue weighted by molar-refractivity contribution is 5.93. The van der Waals surface area contributed by atoms with E-state index in [1.165, 1.54) is 5.57 Å². The second kappa shape index (κ2) is 10.4. The maximum atomic E-state index is 12.1. The molecule has 0 bridgehead atoms. The van der Waals surface area contributed by atoms with Gasteiger partial charge in [-0.2, -0.15) is 0 Å². The first-order valence-electron chi connectivity index (χ1n) is 12.3. The molecule has 1 heterocycles. The van der Waals surface area contributed by atoms with Gasteiger partial charge in [-0.05, 0) is 93.8 Å². The molecule has 188 valence electrons. The first-order chi connectivity index (χ1) is 17.2. The van der Waals surface area contributed by atoms with E-state index in [1.54, 1.807) is 12.1 Å². The number of nitrogens with zero attached hydrogens (tertiary/aromatic N) is 3. The van der Waals surface area contributed by atoms with Crippen molar-refractivity contribution in [3.63, 3.8) is 0 Å². The molecular weight excluding hydrogens is 456 g/mol. The molecule has 1 aromatic heterocycles. The minimum absolute atomic E-state index is 0.0747. The average Bonchev–Trinajstić information content (AvgIpc) is 2.83. The summed E-state index contributed by atoms with van der Waals surface area (Å²) in [5.74, 6) is 1.13. The molecule has 0 amide bonds. The van der Waals surface area contributed by atoms with Crippen LogP contribution in [0, 0.1) is 36.8 Å². The van der Waals surface area contributed by atoms with Gasteiger partial charge in [0.05, 0.1) is 29.0 Å². The number of fused-ring (bicyclic) bond motifs is 1. The molecular formula is C28H32N4O4. The Labute approximate surface area is 211 Å². The number of non-ortho nitro benzene ring substituents is 1. The van der Waals surface area contributed by atoms with Crippen LogP contribution in [0.3, 0.4) is 0 Å². The Morgan fingerprint density at radius 1 is 1.19 bits per heavy atom. The second-order valence-corrected chi connectivity index (χ2v) is 9.48. The molecule has 1 unspecified atom stereocenters. The van der Waals surface area contributed by atoms with Crippen LogP contribution >= 0.6 is 0 Å². The molecule has 2 atom stereocenters. The number of esters is 1. The van der Waals surface area contributed by atoms with E-state index in [-0.39, 0.29) is 28.5 Å². The number of carbonyl (C=O) groups excluding carboxylic acids is 1. The van der Waals surface area contributed by atoms with E-state index in [0.717, 1.165) is 46.0 Å². The van der Waals surface area contributed by atoms with Crippen LogP contribution in [0.5, 0.6) is 0 Å². The second-order valence-electron chi connectivity index (χ2n) is 9.48. The minimum atomic E-state index is -0.368. The van der Waals surface area contributed by atoms with E-state index >= 15 is 0 Å². The lowest BCUT2D eigenvalue weighted by molar-refractivity contribution is -0.385. The zero-order valence-electron chi connectivity index (χ0n) is 21.4. The van der Waals surface area contributed by atoms with Gasteiger partial charge in [0.15, 0.2) is 0 Å². The Kier molecular flexibility index (Phi) is 7.33. The number of hydrogen-bond donors (Lipinski definition) is 1.